The second-order valence-electron chi connectivity index (χ2n) is 3.87. The summed E-state index contributed by atoms with van der Waals surface area (Å²) in [7, 11) is 0. The Morgan fingerprint density at radius 1 is 1.08 bits per heavy atom. The van der Waals surface area contributed by atoms with Crippen LogP contribution in [-0.4, -0.2) is 61.7 Å². The molecule has 5 heteroatoms. The fourth-order valence-electron chi connectivity index (χ4n) is 2.34. The molecule has 3 saturated heterocycles. The van der Waals surface area contributed by atoms with Crippen LogP contribution in [-0.2, 0) is 0 Å². The summed E-state index contributed by atoms with van der Waals surface area (Å²) in [5, 5.41) is 0. The Hall–Kier alpha value is 0.460. The first-order valence-corrected chi connectivity index (χ1v) is 4.62. The molecule has 0 aliphatic carbocycles. The van der Waals surface area contributed by atoms with E-state index in [1.54, 1.807) is 0 Å². The number of quaternary nitrogens is 1. The third-order valence-corrected chi connectivity index (χ3v) is 3.28. The van der Waals surface area contributed by atoms with Crippen molar-refractivity contribution < 1.29 is 16.9 Å². The number of halogens is 2. The van der Waals surface area contributed by atoms with Crippen molar-refractivity contribution in [2.45, 2.75) is 0 Å². The highest BCUT2D eigenvalue weighted by molar-refractivity contribution is 5.85. The van der Waals surface area contributed by atoms with E-state index in [-0.39, 0.29) is 24.8 Å². The molecule has 0 atom stereocenters. The molecular weight excluding hydrogens is 209 g/mol. The van der Waals surface area contributed by atoms with Crippen molar-refractivity contribution in [1.29, 1.82) is 0 Å². The maximum Gasteiger partial charge on any atom is 0.0917 e. The Bertz CT molecular complexity index is 127. The summed E-state index contributed by atoms with van der Waals surface area (Å²) in [6, 6.07) is 0. The van der Waals surface area contributed by atoms with Crippen LogP contribution < -0.4 is 18.1 Å². The lowest BCUT2D eigenvalue weighted by atomic mass is 10.1. The summed E-state index contributed by atoms with van der Waals surface area (Å²) in [6.07, 6.45) is 0. The Labute approximate surface area is 92.7 Å². The molecule has 0 radical (unpaired) electrons. The molecule has 0 spiro atoms. The van der Waals surface area contributed by atoms with Crippen LogP contribution in [0.5, 0.6) is 0 Å². The van der Waals surface area contributed by atoms with Gasteiger partial charge in [-0.2, -0.15) is 0 Å². The third-order valence-electron chi connectivity index (χ3n) is 3.28. The quantitative estimate of drug-likeness (QED) is 0.497. The second kappa shape index (κ2) is 5.37. The standard InChI is InChI=1S/C8H18N3.2ClH/c9-1-5-11-6-2-10(3-7-11)4-8-11;;/h1-9H2;2*1H/q+1;;/p-1. The van der Waals surface area contributed by atoms with Gasteiger partial charge in [-0.05, 0) is 0 Å². The van der Waals surface area contributed by atoms with E-state index >= 15 is 0 Å². The molecular formula is C8H19Cl2N3. The number of nitrogens with zero attached hydrogens (tertiary/aromatic N) is 2. The van der Waals surface area contributed by atoms with Gasteiger partial charge in [0.1, 0.15) is 0 Å². The average Bonchev–Trinajstić information content (AvgIpc) is 2.07. The molecule has 3 heterocycles. The maximum atomic E-state index is 5.61. The smallest absolute Gasteiger partial charge is 0.0917 e. The van der Waals surface area contributed by atoms with Crippen molar-refractivity contribution in [1.82, 2.24) is 4.90 Å². The van der Waals surface area contributed by atoms with E-state index < -0.39 is 0 Å². The van der Waals surface area contributed by atoms with Gasteiger partial charge in [-0.15, -0.1) is 12.4 Å². The molecule has 13 heavy (non-hydrogen) atoms. The summed E-state index contributed by atoms with van der Waals surface area (Å²) in [6.45, 7) is 10.0. The highest BCUT2D eigenvalue weighted by Gasteiger charge is 2.37. The minimum atomic E-state index is 0. The second-order valence-corrected chi connectivity index (χ2v) is 3.87. The van der Waals surface area contributed by atoms with E-state index in [4.69, 9.17) is 5.73 Å². The van der Waals surface area contributed by atoms with Crippen LogP contribution in [0.4, 0.5) is 0 Å². The first-order chi connectivity index (χ1) is 5.35. The zero-order valence-electron chi connectivity index (χ0n) is 7.91. The number of nitrogens with two attached hydrogens (primary N) is 1. The van der Waals surface area contributed by atoms with Gasteiger partial charge in [0.25, 0.3) is 0 Å². The van der Waals surface area contributed by atoms with Gasteiger partial charge >= 0.3 is 0 Å². The Morgan fingerprint density at radius 3 is 1.92 bits per heavy atom. The van der Waals surface area contributed by atoms with E-state index in [2.05, 4.69) is 4.90 Å². The average molecular weight is 228 g/mol. The van der Waals surface area contributed by atoms with Crippen molar-refractivity contribution in [3.05, 3.63) is 0 Å². The summed E-state index contributed by atoms with van der Waals surface area (Å²) in [5.41, 5.74) is 5.61. The van der Waals surface area contributed by atoms with Gasteiger partial charge in [-0.3, -0.25) is 4.90 Å². The predicted molar refractivity (Wildman–Crippen MR) is 52.5 cm³/mol. The molecule has 0 aromatic carbocycles. The molecule has 3 fully saturated rings. The van der Waals surface area contributed by atoms with Gasteiger partial charge in [0.05, 0.1) is 26.2 Å². The number of hydrogen-bond donors (Lipinski definition) is 1. The van der Waals surface area contributed by atoms with E-state index in [9.17, 15) is 0 Å². The lowest BCUT2D eigenvalue weighted by Crippen LogP contribution is -3.00. The van der Waals surface area contributed by atoms with Crippen molar-refractivity contribution in [3.63, 3.8) is 0 Å². The topological polar surface area (TPSA) is 29.3 Å². The SMILES string of the molecule is Cl.NCC[N+]12CCN(CC1)CC2.[Cl-]. The minimum Gasteiger partial charge on any atom is -1.00 e. The van der Waals surface area contributed by atoms with Crippen LogP contribution in [0.2, 0.25) is 0 Å². The van der Waals surface area contributed by atoms with Crippen LogP contribution in [0.25, 0.3) is 0 Å². The molecule has 80 valence electrons. The molecule has 0 amide bonds. The normalized spacial score (nSPS) is 36.2. The zero-order chi connectivity index (χ0) is 7.73. The zero-order valence-corrected chi connectivity index (χ0v) is 9.49. The van der Waals surface area contributed by atoms with Gasteiger partial charge < -0.3 is 22.6 Å². The van der Waals surface area contributed by atoms with Crippen molar-refractivity contribution in [2.75, 3.05) is 52.4 Å². The fourth-order valence-corrected chi connectivity index (χ4v) is 2.34. The molecule has 2 bridgehead atoms. The van der Waals surface area contributed by atoms with Crippen LogP contribution in [0.15, 0.2) is 0 Å². The number of hydrogen-bond acceptors (Lipinski definition) is 2. The molecule has 0 aromatic rings. The van der Waals surface area contributed by atoms with Crippen molar-refractivity contribution in [2.24, 2.45) is 5.73 Å². The molecule has 3 aliphatic rings. The predicted octanol–water partition coefficient (Wildman–Crippen LogP) is -3.48. The van der Waals surface area contributed by atoms with Crippen LogP contribution in [0.3, 0.4) is 0 Å². The third kappa shape index (κ3) is 2.70. The molecule has 0 saturated carbocycles. The molecule has 3 aliphatic heterocycles. The number of rotatable bonds is 2. The Kier molecular flexibility index (Phi) is 5.56. The van der Waals surface area contributed by atoms with Gasteiger partial charge in [0.15, 0.2) is 0 Å². The summed E-state index contributed by atoms with van der Waals surface area (Å²) in [4.78, 5) is 2.57. The lowest BCUT2D eigenvalue weighted by Gasteiger charge is -2.50. The fraction of sp³-hybridized carbons (Fsp3) is 1.00. The monoisotopic (exact) mass is 227 g/mol. The highest BCUT2D eigenvalue weighted by Crippen LogP contribution is 2.18. The van der Waals surface area contributed by atoms with Crippen LogP contribution in [0.1, 0.15) is 0 Å². The van der Waals surface area contributed by atoms with Crippen molar-refractivity contribution >= 4 is 12.4 Å². The van der Waals surface area contributed by atoms with E-state index in [0.29, 0.717) is 0 Å². The lowest BCUT2D eigenvalue weighted by molar-refractivity contribution is -0.939. The summed E-state index contributed by atoms with van der Waals surface area (Å²) in [5.74, 6) is 0. The number of fused-ring (bicyclic) bond motifs is 3. The van der Waals surface area contributed by atoms with E-state index in [1.165, 1.54) is 50.3 Å². The Balaban J connectivity index is 0.000000720. The van der Waals surface area contributed by atoms with Crippen LogP contribution in [0, 0.1) is 0 Å². The van der Waals surface area contributed by atoms with Crippen LogP contribution >= 0.6 is 12.4 Å². The van der Waals surface area contributed by atoms with E-state index in [0.717, 1.165) is 6.54 Å². The summed E-state index contributed by atoms with van der Waals surface area (Å²) < 4.78 is 1.31. The Morgan fingerprint density at radius 2 is 1.54 bits per heavy atom. The molecule has 2 N–H and O–H groups in total. The first-order valence-electron chi connectivity index (χ1n) is 4.62. The minimum absolute atomic E-state index is 0. The number of piperazine rings is 3. The van der Waals surface area contributed by atoms with Gasteiger partial charge in [-0.25, -0.2) is 0 Å². The highest BCUT2D eigenvalue weighted by atomic mass is 35.5. The van der Waals surface area contributed by atoms with Gasteiger partial charge in [0, 0.05) is 26.2 Å². The summed E-state index contributed by atoms with van der Waals surface area (Å²) >= 11 is 0. The maximum absolute atomic E-state index is 5.61. The molecule has 3 nitrogen and oxygen atoms in total. The molecule has 3 rings (SSSR count). The van der Waals surface area contributed by atoms with Crippen molar-refractivity contribution in [3.8, 4) is 0 Å². The van der Waals surface area contributed by atoms with Gasteiger partial charge in [-0.1, -0.05) is 0 Å². The van der Waals surface area contributed by atoms with E-state index in [1.807, 2.05) is 0 Å². The molecule has 0 unspecified atom stereocenters. The van der Waals surface area contributed by atoms with Gasteiger partial charge in [0.2, 0.25) is 0 Å². The first kappa shape index (κ1) is 13.5. The largest absolute Gasteiger partial charge is 1.00 e. The molecule has 0 aromatic heterocycles.